The number of likely N-dealkylation sites (tertiary alicyclic amines) is 1. The van der Waals surface area contributed by atoms with Crippen molar-refractivity contribution in [2.24, 2.45) is 0 Å². The Balaban J connectivity index is 2.06. The lowest BCUT2D eigenvalue weighted by Gasteiger charge is -2.35. The summed E-state index contributed by atoms with van der Waals surface area (Å²) >= 11 is 0. The Hall–Kier alpha value is -2.38. The van der Waals surface area contributed by atoms with E-state index in [4.69, 9.17) is 5.11 Å². The number of hydrogen-bond acceptors (Lipinski definition) is 4. The molecular formula is C14H19N3O5. The van der Waals surface area contributed by atoms with E-state index in [-0.39, 0.29) is 24.9 Å². The van der Waals surface area contributed by atoms with Crippen LogP contribution in [0.1, 0.15) is 32.1 Å². The summed E-state index contributed by atoms with van der Waals surface area (Å²) in [5.74, 6) is -1.11. The van der Waals surface area contributed by atoms with Crippen molar-refractivity contribution in [2.75, 3.05) is 6.54 Å². The van der Waals surface area contributed by atoms with Gasteiger partial charge in [-0.1, -0.05) is 0 Å². The summed E-state index contributed by atoms with van der Waals surface area (Å²) in [5, 5.41) is 8.78. The number of carboxylic acids is 1. The number of nitrogens with zero attached hydrogens (tertiary/aromatic N) is 2. The fourth-order valence-electron chi connectivity index (χ4n) is 2.72. The quantitative estimate of drug-likeness (QED) is 0.781. The zero-order chi connectivity index (χ0) is 16.1. The Labute approximate surface area is 126 Å². The van der Waals surface area contributed by atoms with E-state index in [1.54, 1.807) is 4.90 Å². The van der Waals surface area contributed by atoms with E-state index in [0.717, 1.165) is 23.8 Å². The average molecular weight is 309 g/mol. The fraction of sp³-hybridized carbons (Fsp3) is 0.571. The van der Waals surface area contributed by atoms with E-state index in [9.17, 15) is 19.2 Å². The lowest BCUT2D eigenvalue weighted by Crippen LogP contribution is -2.46. The van der Waals surface area contributed by atoms with Crippen LogP contribution in [-0.2, 0) is 16.1 Å². The number of hydrogen-bond donors (Lipinski definition) is 2. The van der Waals surface area contributed by atoms with Crippen LogP contribution in [0.25, 0.3) is 0 Å². The van der Waals surface area contributed by atoms with E-state index >= 15 is 0 Å². The molecule has 8 heteroatoms. The lowest BCUT2D eigenvalue weighted by atomic mass is 9.98. The Morgan fingerprint density at radius 2 is 2.09 bits per heavy atom. The first-order valence-corrected chi connectivity index (χ1v) is 7.28. The number of H-pyrrole nitrogens is 1. The van der Waals surface area contributed by atoms with Gasteiger partial charge >= 0.3 is 11.7 Å². The number of aromatic amines is 1. The van der Waals surface area contributed by atoms with Crippen LogP contribution in [0, 0.1) is 0 Å². The molecule has 1 saturated heterocycles. The summed E-state index contributed by atoms with van der Waals surface area (Å²) in [5.41, 5.74) is -1.13. The van der Waals surface area contributed by atoms with Gasteiger partial charge in [0.2, 0.25) is 5.91 Å². The fourth-order valence-corrected chi connectivity index (χ4v) is 2.72. The number of carbonyl (C=O) groups is 2. The molecular weight excluding hydrogens is 290 g/mol. The maximum Gasteiger partial charge on any atom is 0.328 e. The summed E-state index contributed by atoms with van der Waals surface area (Å²) in [4.78, 5) is 49.5. The maximum atomic E-state index is 12.4. The summed E-state index contributed by atoms with van der Waals surface area (Å²) in [6.45, 7) is 0.417. The van der Waals surface area contributed by atoms with E-state index in [1.165, 1.54) is 12.3 Å². The van der Waals surface area contributed by atoms with Crippen molar-refractivity contribution in [1.82, 2.24) is 14.5 Å². The molecule has 0 radical (unpaired) electrons. The van der Waals surface area contributed by atoms with Gasteiger partial charge in [0.15, 0.2) is 0 Å². The molecule has 2 heterocycles. The molecule has 0 bridgehead atoms. The molecule has 0 unspecified atom stereocenters. The van der Waals surface area contributed by atoms with Crippen molar-refractivity contribution in [1.29, 1.82) is 0 Å². The molecule has 120 valence electrons. The standard InChI is InChI=1S/C14H19N3O5/c18-11-6-8-16(14(22)15-11)9-12(19)17-7-2-1-3-10(17)4-5-13(20)21/h6,8,10H,1-5,7,9H2,(H,20,21)(H,15,18,22)/t10-/m1/s1. The molecule has 1 aromatic rings. The zero-order valence-electron chi connectivity index (χ0n) is 12.2. The molecule has 0 saturated carbocycles. The molecule has 1 aliphatic rings. The summed E-state index contributed by atoms with van der Waals surface area (Å²) in [6.07, 6.45) is 4.34. The van der Waals surface area contributed by atoms with Crippen LogP contribution in [0.2, 0.25) is 0 Å². The number of carboxylic acid groups (broad SMARTS) is 1. The molecule has 0 spiro atoms. The number of piperidine rings is 1. The Morgan fingerprint density at radius 3 is 2.77 bits per heavy atom. The Kier molecular flexibility index (Phi) is 5.13. The van der Waals surface area contributed by atoms with Crippen LogP contribution in [0.3, 0.4) is 0 Å². The van der Waals surface area contributed by atoms with Crippen molar-refractivity contribution < 1.29 is 14.7 Å². The van der Waals surface area contributed by atoms with Crippen LogP contribution >= 0.6 is 0 Å². The van der Waals surface area contributed by atoms with Crippen LogP contribution < -0.4 is 11.2 Å². The molecule has 1 amide bonds. The van der Waals surface area contributed by atoms with Crippen LogP contribution in [0.15, 0.2) is 21.9 Å². The van der Waals surface area contributed by atoms with Crippen molar-refractivity contribution in [3.05, 3.63) is 33.1 Å². The van der Waals surface area contributed by atoms with Crippen LogP contribution in [-0.4, -0.2) is 44.0 Å². The molecule has 2 N–H and O–H groups in total. The normalized spacial score (nSPS) is 18.2. The first kappa shape index (κ1) is 16.0. The molecule has 8 nitrogen and oxygen atoms in total. The highest BCUT2D eigenvalue weighted by Gasteiger charge is 2.27. The number of amides is 1. The number of carbonyl (C=O) groups excluding carboxylic acids is 1. The van der Waals surface area contributed by atoms with Gasteiger partial charge in [0.1, 0.15) is 6.54 Å². The monoisotopic (exact) mass is 309 g/mol. The molecule has 1 aromatic heterocycles. The Bertz CT molecular complexity index is 663. The average Bonchev–Trinajstić information content (AvgIpc) is 2.48. The number of aromatic nitrogens is 2. The van der Waals surface area contributed by atoms with Gasteiger partial charge in [-0.15, -0.1) is 0 Å². The molecule has 1 aliphatic heterocycles. The largest absolute Gasteiger partial charge is 0.481 e. The predicted molar refractivity (Wildman–Crippen MR) is 77.5 cm³/mol. The predicted octanol–water partition coefficient (Wildman–Crippen LogP) is -0.217. The van der Waals surface area contributed by atoms with Gasteiger partial charge in [-0.3, -0.25) is 23.9 Å². The smallest absolute Gasteiger partial charge is 0.328 e. The molecule has 22 heavy (non-hydrogen) atoms. The number of rotatable bonds is 5. The molecule has 0 aliphatic carbocycles. The summed E-state index contributed by atoms with van der Waals surface area (Å²) in [6, 6.07) is 1.09. The molecule has 0 aromatic carbocycles. The number of nitrogens with one attached hydrogen (secondary N) is 1. The third-order valence-corrected chi connectivity index (χ3v) is 3.84. The van der Waals surface area contributed by atoms with Crippen LogP contribution in [0.5, 0.6) is 0 Å². The topological polar surface area (TPSA) is 112 Å². The highest BCUT2D eigenvalue weighted by molar-refractivity contribution is 5.76. The molecule has 1 fully saturated rings. The third kappa shape index (κ3) is 4.06. The molecule has 2 rings (SSSR count). The van der Waals surface area contributed by atoms with Gasteiger partial charge in [0.25, 0.3) is 5.56 Å². The first-order chi connectivity index (χ1) is 10.5. The van der Waals surface area contributed by atoms with Crippen molar-refractivity contribution in [3.63, 3.8) is 0 Å². The van der Waals surface area contributed by atoms with E-state index in [0.29, 0.717) is 13.0 Å². The van der Waals surface area contributed by atoms with Crippen molar-refractivity contribution >= 4 is 11.9 Å². The van der Waals surface area contributed by atoms with Crippen molar-refractivity contribution in [2.45, 2.75) is 44.7 Å². The van der Waals surface area contributed by atoms with Gasteiger partial charge in [-0.05, 0) is 25.7 Å². The van der Waals surface area contributed by atoms with Gasteiger partial charge < -0.3 is 10.0 Å². The molecule has 1 atom stereocenters. The lowest BCUT2D eigenvalue weighted by molar-refractivity contribution is -0.140. The summed E-state index contributed by atoms with van der Waals surface area (Å²) in [7, 11) is 0. The summed E-state index contributed by atoms with van der Waals surface area (Å²) < 4.78 is 1.15. The SMILES string of the molecule is O=C(O)CC[C@H]1CCCCN1C(=O)Cn1ccc(=O)[nH]c1=O. The Morgan fingerprint density at radius 1 is 1.32 bits per heavy atom. The first-order valence-electron chi connectivity index (χ1n) is 7.28. The van der Waals surface area contributed by atoms with E-state index in [2.05, 4.69) is 4.98 Å². The minimum absolute atomic E-state index is 0.0209. The van der Waals surface area contributed by atoms with E-state index in [1.807, 2.05) is 0 Å². The highest BCUT2D eigenvalue weighted by atomic mass is 16.4. The van der Waals surface area contributed by atoms with Crippen molar-refractivity contribution in [3.8, 4) is 0 Å². The van der Waals surface area contributed by atoms with Crippen LogP contribution in [0.4, 0.5) is 0 Å². The highest BCUT2D eigenvalue weighted by Crippen LogP contribution is 2.21. The van der Waals surface area contributed by atoms with Gasteiger partial charge in [0.05, 0.1) is 0 Å². The van der Waals surface area contributed by atoms with E-state index < -0.39 is 17.2 Å². The van der Waals surface area contributed by atoms with Gasteiger partial charge in [0, 0.05) is 31.3 Å². The maximum absolute atomic E-state index is 12.4. The third-order valence-electron chi connectivity index (χ3n) is 3.84. The zero-order valence-corrected chi connectivity index (χ0v) is 12.2. The second-order valence-corrected chi connectivity index (χ2v) is 5.41. The van der Waals surface area contributed by atoms with Gasteiger partial charge in [-0.2, -0.15) is 0 Å². The minimum Gasteiger partial charge on any atom is -0.481 e. The number of aliphatic carboxylic acids is 1. The van der Waals surface area contributed by atoms with Gasteiger partial charge in [-0.25, -0.2) is 4.79 Å². The minimum atomic E-state index is -0.880. The second kappa shape index (κ2) is 7.06. The second-order valence-electron chi connectivity index (χ2n) is 5.41.